The molecule has 1 aromatic carbocycles. The molecule has 0 atom stereocenters. The number of aromatic nitrogens is 2. The molecule has 0 saturated carbocycles. The van der Waals surface area contributed by atoms with Gasteiger partial charge in [0.1, 0.15) is 17.9 Å². The maximum absolute atomic E-state index is 6.09. The van der Waals surface area contributed by atoms with Crippen LogP contribution in [0.2, 0.25) is 5.02 Å². The third-order valence-corrected chi connectivity index (χ3v) is 5.94. The maximum atomic E-state index is 6.09. The van der Waals surface area contributed by atoms with Gasteiger partial charge >= 0.3 is 0 Å². The second-order valence-corrected chi connectivity index (χ2v) is 7.92. The van der Waals surface area contributed by atoms with Gasteiger partial charge in [-0.3, -0.25) is 9.80 Å². The summed E-state index contributed by atoms with van der Waals surface area (Å²) in [6, 6.07) is 7.51. The number of piperazine rings is 1. The van der Waals surface area contributed by atoms with E-state index in [1.807, 2.05) is 31.2 Å². The molecule has 8 heteroatoms. The highest BCUT2D eigenvalue weighted by Crippen LogP contribution is 2.26. The molecule has 0 bridgehead atoms. The van der Waals surface area contributed by atoms with Gasteiger partial charge < -0.3 is 14.4 Å². The second kappa shape index (κ2) is 9.71. The zero-order valence-electron chi connectivity index (χ0n) is 16.9. The summed E-state index contributed by atoms with van der Waals surface area (Å²) in [5.41, 5.74) is 0.978. The highest BCUT2D eigenvalue weighted by Gasteiger charge is 2.20. The average Bonchev–Trinajstić information content (AvgIpc) is 2.76. The van der Waals surface area contributed by atoms with Gasteiger partial charge in [-0.2, -0.15) is 0 Å². The number of nitrogens with zero attached hydrogens (tertiary/aromatic N) is 5. The summed E-state index contributed by atoms with van der Waals surface area (Å²) in [6.07, 6.45) is 1.57. The predicted molar refractivity (Wildman–Crippen MR) is 114 cm³/mol. The first-order valence-corrected chi connectivity index (χ1v) is 10.6. The molecule has 2 aliphatic rings. The third-order valence-electron chi connectivity index (χ3n) is 5.51. The van der Waals surface area contributed by atoms with E-state index < -0.39 is 0 Å². The van der Waals surface area contributed by atoms with Gasteiger partial charge in [-0.1, -0.05) is 11.6 Å². The number of anilines is 1. The second-order valence-electron chi connectivity index (χ2n) is 7.51. The fourth-order valence-corrected chi connectivity index (χ4v) is 3.79. The molecule has 156 valence electrons. The van der Waals surface area contributed by atoms with Crippen molar-refractivity contribution in [1.29, 1.82) is 0 Å². The van der Waals surface area contributed by atoms with E-state index in [0.29, 0.717) is 5.88 Å². The van der Waals surface area contributed by atoms with Crippen molar-refractivity contribution in [2.45, 2.75) is 6.92 Å². The van der Waals surface area contributed by atoms with Gasteiger partial charge in [-0.15, -0.1) is 0 Å². The van der Waals surface area contributed by atoms with E-state index in [-0.39, 0.29) is 0 Å². The fraction of sp³-hybridized carbons (Fsp3) is 0.524. The smallest absolute Gasteiger partial charge is 0.224 e. The summed E-state index contributed by atoms with van der Waals surface area (Å²) in [4.78, 5) is 16.0. The third kappa shape index (κ3) is 5.57. The molecule has 4 rings (SSSR count). The van der Waals surface area contributed by atoms with Crippen LogP contribution in [0.3, 0.4) is 0 Å². The summed E-state index contributed by atoms with van der Waals surface area (Å²) < 4.78 is 11.3. The van der Waals surface area contributed by atoms with Crippen LogP contribution < -0.4 is 9.64 Å². The molecule has 0 N–H and O–H groups in total. The first kappa shape index (κ1) is 20.3. The van der Waals surface area contributed by atoms with Crippen molar-refractivity contribution >= 4 is 17.4 Å². The SMILES string of the molecule is Cc1cc(Oc2cc(N3CCN(CCN4CCOCC4)CC3)ncn2)ccc1Cl. The van der Waals surface area contributed by atoms with Crippen molar-refractivity contribution in [2.75, 3.05) is 70.5 Å². The van der Waals surface area contributed by atoms with Crippen molar-refractivity contribution in [1.82, 2.24) is 19.8 Å². The molecule has 2 aromatic rings. The molecule has 7 nitrogen and oxygen atoms in total. The quantitative estimate of drug-likeness (QED) is 0.716. The number of morpholine rings is 1. The monoisotopic (exact) mass is 417 g/mol. The van der Waals surface area contributed by atoms with E-state index in [0.717, 1.165) is 87.7 Å². The Morgan fingerprint density at radius 2 is 1.69 bits per heavy atom. The number of aryl methyl sites for hydroxylation is 1. The summed E-state index contributed by atoms with van der Waals surface area (Å²) in [5, 5.41) is 0.729. The van der Waals surface area contributed by atoms with Gasteiger partial charge in [-0.25, -0.2) is 9.97 Å². The minimum absolute atomic E-state index is 0.548. The Morgan fingerprint density at radius 1 is 0.966 bits per heavy atom. The van der Waals surface area contributed by atoms with E-state index in [1.165, 1.54) is 0 Å². The van der Waals surface area contributed by atoms with Gasteiger partial charge in [0.2, 0.25) is 5.88 Å². The molecule has 0 unspecified atom stereocenters. The molecule has 1 aromatic heterocycles. The van der Waals surface area contributed by atoms with E-state index in [9.17, 15) is 0 Å². The number of ether oxygens (including phenoxy) is 2. The van der Waals surface area contributed by atoms with Crippen LogP contribution in [0.25, 0.3) is 0 Å². The molecule has 0 spiro atoms. The number of benzene rings is 1. The Labute approximate surface area is 177 Å². The Hall–Kier alpha value is -1.93. The minimum atomic E-state index is 0.548. The average molecular weight is 418 g/mol. The first-order valence-electron chi connectivity index (χ1n) is 10.2. The number of hydrogen-bond acceptors (Lipinski definition) is 7. The molecule has 3 heterocycles. The van der Waals surface area contributed by atoms with Gasteiger partial charge in [0, 0.05) is 63.4 Å². The van der Waals surface area contributed by atoms with Gasteiger partial charge in [0.05, 0.1) is 13.2 Å². The lowest BCUT2D eigenvalue weighted by Gasteiger charge is -2.36. The predicted octanol–water partition coefficient (Wildman–Crippen LogP) is 2.68. The zero-order chi connectivity index (χ0) is 20.1. The van der Waals surface area contributed by atoms with Gasteiger partial charge in [0.15, 0.2) is 0 Å². The summed E-state index contributed by atoms with van der Waals surface area (Å²) in [5.74, 6) is 2.18. The van der Waals surface area contributed by atoms with E-state index in [4.69, 9.17) is 21.1 Å². The Balaban J connectivity index is 1.29. The summed E-state index contributed by atoms with van der Waals surface area (Å²) in [6.45, 7) is 12.0. The Bertz CT molecular complexity index is 807. The van der Waals surface area contributed by atoms with E-state index >= 15 is 0 Å². The van der Waals surface area contributed by atoms with E-state index in [2.05, 4.69) is 24.7 Å². The number of rotatable bonds is 6. The van der Waals surface area contributed by atoms with Gasteiger partial charge in [-0.05, 0) is 30.7 Å². The van der Waals surface area contributed by atoms with Crippen molar-refractivity contribution in [2.24, 2.45) is 0 Å². The molecule has 2 aliphatic heterocycles. The molecule has 0 aliphatic carbocycles. The van der Waals surface area contributed by atoms with Crippen LogP contribution in [0.1, 0.15) is 5.56 Å². The Morgan fingerprint density at radius 3 is 2.41 bits per heavy atom. The van der Waals surface area contributed by atoms with Crippen LogP contribution in [-0.4, -0.2) is 85.3 Å². The summed E-state index contributed by atoms with van der Waals surface area (Å²) in [7, 11) is 0. The normalized spacial score (nSPS) is 18.8. The minimum Gasteiger partial charge on any atom is -0.439 e. The Kier molecular flexibility index (Phi) is 6.82. The molecular formula is C21H28ClN5O2. The van der Waals surface area contributed by atoms with Crippen LogP contribution in [0.5, 0.6) is 11.6 Å². The molecular weight excluding hydrogens is 390 g/mol. The van der Waals surface area contributed by atoms with Crippen LogP contribution >= 0.6 is 11.6 Å². The number of hydrogen-bond donors (Lipinski definition) is 0. The van der Waals surface area contributed by atoms with Gasteiger partial charge in [0.25, 0.3) is 0 Å². The van der Waals surface area contributed by atoms with Crippen molar-refractivity contribution < 1.29 is 9.47 Å². The molecule has 2 saturated heterocycles. The molecule has 0 amide bonds. The number of halogens is 1. The lowest BCUT2D eigenvalue weighted by Crippen LogP contribution is -2.49. The highest BCUT2D eigenvalue weighted by atomic mass is 35.5. The van der Waals surface area contributed by atoms with Crippen LogP contribution in [0, 0.1) is 6.92 Å². The topological polar surface area (TPSA) is 54.0 Å². The van der Waals surface area contributed by atoms with Crippen molar-refractivity contribution in [3.8, 4) is 11.6 Å². The molecule has 29 heavy (non-hydrogen) atoms. The molecule has 2 fully saturated rings. The largest absolute Gasteiger partial charge is 0.439 e. The fourth-order valence-electron chi connectivity index (χ4n) is 3.67. The first-order chi connectivity index (χ1) is 14.2. The van der Waals surface area contributed by atoms with Crippen LogP contribution in [-0.2, 0) is 4.74 Å². The summed E-state index contributed by atoms with van der Waals surface area (Å²) >= 11 is 6.09. The van der Waals surface area contributed by atoms with E-state index in [1.54, 1.807) is 6.33 Å². The van der Waals surface area contributed by atoms with Crippen molar-refractivity contribution in [3.63, 3.8) is 0 Å². The highest BCUT2D eigenvalue weighted by molar-refractivity contribution is 6.31. The molecule has 0 radical (unpaired) electrons. The van der Waals surface area contributed by atoms with Crippen LogP contribution in [0.15, 0.2) is 30.6 Å². The zero-order valence-corrected chi connectivity index (χ0v) is 17.6. The van der Waals surface area contributed by atoms with Crippen molar-refractivity contribution in [3.05, 3.63) is 41.2 Å². The lowest BCUT2D eigenvalue weighted by molar-refractivity contribution is 0.0331. The standard InChI is InChI=1S/C21H28ClN5O2/c1-17-14-18(2-3-19(17)22)29-21-15-20(23-16-24-21)27-8-6-25(7-9-27)4-5-26-10-12-28-13-11-26/h2-3,14-16H,4-13H2,1H3. The van der Waals surface area contributed by atoms with Crippen LogP contribution in [0.4, 0.5) is 5.82 Å². The lowest BCUT2D eigenvalue weighted by atomic mass is 10.2. The maximum Gasteiger partial charge on any atom is 0.224 e.